The second kappa shape index (κ2) is 9.10. The van der Waals surface area contributed by atoms with E-state index in [9.17, 15) is 14.7 Å². The third-order valence-corrected chi connectivity index (χ3v) is 5.75. The van der Waals surface area contributed by atoms with Crippen LogP contribution in [0.3, 0.4) is 0 Å². The molecule has 1 unspecified atom stereocenters. The van der Waals surface area contributed by atoms with Crippen molar-refractivity contribution in [1.29, 1.82) is 0 Å². The van der Waals surface area contributed by atoms with Crippen molar-refractivity contribution in [3.63, 3.8) is 0 Å². The quantitative estimate of drug-likeness (QED) is 0.586. The third kappa shape index (κ3) is 4.14. The van der Waals surface area contributed by atoms with Crippen LogP contribution in [-0.2, 0) is 16.0 Å². The molecule has 162 valence electrons. The Morgan fingerprint density at radius 3 is 2.09 bits per heavy atom. The predicted molar refractivity (Wildman–Crippen MR) is 127 cm³/mol. The van der Waals surface area contributed by atoms with Crippen LogP contribution in [-0.4, -0.2) is 30.9 Å². The minimum absolute atomic E-state index is 0.161. The fourth-order valence-electron chi connectivity index (χ4n) is 4.06. The lowest BCUT2D eigenvalue weighted by Crippen LogP contribution is -2.31. The van der Waals surface area contributed by atoms with Gasteiger partial charge >= 0.3 is 0 Å². The first kappa shape index (κ1) is 21.4. The summed E-state index contributed by atoms with van der Waals surface area (Å²) < 4.78 is 0. The zero-order valence-corrected chi connectivity index (χ0v) is 18.2. The van der Waals surface area contributed by atoms with Crippen LogP contribution in [0.1, 0.15) is 23.6 Å². The molecule has 0 saturated carbocycles. The lowest BCUT2D eigenvalue weighted by Gasteiger charge is -2.27. The van der Waals surface area contributed by atoms with Gasteiger partial charge in [-0.2, -0.15) is 0 Å². The Bertz CT molecular complexity index is 1140. The van der Waals surface area contributed by atoms with E-state index in [1.165, 1.54) is 4.90 Å². The minimum Gasteiger partial charge on any atom is -0.503 e. The first-order chi connectivity index (χ1) is 15.5. The third-order valence-electron chi connectivity index (χ3n) is 5.75. The van der Waals surface area contributed by atoms with E-state index in [0.29, 0.717) is 12.1 Å². The lowest BCUT2D eigenvalue weighted by molar-refractivity contribution is -0.118. The second-order valence-corrected chi connectivity index (χ2v) is 8.07. The Hall–Kier alpha value is -3.86. The van der Waals surface area contributed by atoms with Crippen molar-refractivity contribution >= 4 is 23.1 Å². The molecular weight excluding hydrogens is 400 g/mol. The maximum absolute atomic E-state index is 13.3. The van der Waals surface area contributed by atoms with Crippen LogP contribution in [0, 0.1) is 0 Å². The molecular formula is C27H26N2O3. The Morgan fingerprint density at radius 1 is 0.906 bits per heavy atom. The molecule has 1 aliphatic heterocycles. The van der Waals surface area contributed by atoms with Gasteiger partial charge in [0.1, 0.15) is 0 Å². The zero-order chi connectivity index (χ0) is 22.7. The molecule has 0 aromatic heterocycles. The summed E-state index contributed by atoms with van der Waals surface area (Å²) in [6.07, 6.45) is 0.761. The Labute approximate surface area is 188 Å². The maximum atomic E-state index is 13.3. The van der Waals surface area contributed by atoms with Gasteiger partial charge in [0.15, 0.2) is 11.5 Å². The van der Waals surface area contributed by atoms with Crippen LogP contribution in [0.2, 0.25) is 0 Å². The van der Waals surface area contributed by atoms with Crippen LogP contribution in [0.15, 0.2) is 96.3 Å². The van der Waals surface area contributed by atoms with Gasteiger partial charge in [0.2, 0.25) is 0 Å². The van der Waals surface area contributed by atoms with Gasteiger partial charge < -0.3 is 10.0 Å². The van der Waals surface area contributed by atoms with E-state index in [1.54, 1.807) is 0 Å². The van der Waals surface area contributed by atoms with Crippen molar-refractivity contribution in [2.24, 2.45) is 0 Å². The maximum Gasteiger partial charge on any atom is 0.294 e. The Kier molecular flexibility index (Phi) is 6.08. The van der Waals surface area contributed by atoms with Gasteiger partial charge in [-0.25, -0.2) is 0 Å². The Balaban J connectivity index is 1.69. The van der Waals surface area contributed by atoms with Gasteiger partial charge in [-0.1, -0.05) is 60.7 Å². The molecule has 0 saturated heterocycles. The molecule has 1 amide bonds. The van der Waals surface area contributed by atoms with E-state index in [-0.39, 0.29) is 17.8 Å². The molecule has 0 spiro atoms. The average Bonchev–Trinajstić information content (AvgIpc) is 3.09. The van der Waals surface area contributed by atoms with Crippen molar-refractivity contribution in [2.45, 2.75) is 18.9 Å². The Morgan fingerprint density at radius 2 is 1.50 bits per heavy atom. The largest absolute Gasteiger partial charge is 0.503 e. The van der Waals surface area contributed by atoms with Gasteiger partial charge in [0, 0.05) is 31.9 Å². The van der Waals surface area contributed by atoms with Crippen LogP contribution < -0.4 is 9.80 Å². The number of benzene rings is 3. The molecule has 5 nitrogen and oxygen atoms in total. The van der Waals surface area contributed by atoms with Crippen molar-refractivity contribution in [3.8, 4) is 0 Å². The van der Waals surface area contributed by atoms with E-state index in [2.05, 4.69) is 0 Å². The van der Waals surface area contributed by atoms with Crippen LogP contribution in [0.25, 0.3) is 0 Å². The standard InChI is InChI=1S/C27H26N2O3/c1-28(2)21-14-16-22(17-15-21)29-25(20-11-7-4-8-12-20)24(26(31)27(29)32)23(30)18-13-19-9-5-3-6-10-19/h3-12,14-17,25,31H,13,18H2,1-2H3. The van der Waals surface area contributed by atoms with Crippen LogP contribution >= 0.6 is 0 Å². The predicted octanol–water partition coefficient (Wildman–Crippen LogP) is 4.85. The fraction of sp³-hybridized carbons (Fsp3) is 0.185. The topological polar surface area (TPSA) is 60.9 Å². The smallest absolute Gasteiger partial charge is 0.294 e. The van der Waals surface area contributed by atoms with E-state index >= 15 is 0 Å². The van der Waals surface area contributed by atoms with Crippen LogP contribution in [0.5, 0.6) is 0 Å². The number of hydrogen-bond acceptors (Lipinski definition) is 4. The minimum atomic E-state index is -0.669. The summed E-state index contributed by atoms with van der Waals surface area (Å²) in [7, 11) is 3.89. The molecule has 0 fully saturated rings. The summed E-state index contributed by atoms with van der Waals surface area (Å²) in [6, 6.07) is 25.9. The molecule has 1 atom stereocenters. The monoisotopic (exact) mass is 426 g/mol. The number of anilines is 2. The van der Waals surface area contributed by atoms with Gasteiger partial charge in [-0.3, -0.25) is 14.5 Å². The first-order valence-electron chi connectivity index (χ1n) is 10.6. The highest BCUT2D eigenvalue weighted by atomic mass is 16.3. The first-order valence-corrected chi connectivity index (χ1v) is 10.6. The molecule has 3 aromatic carbocycles. The number of hydrogen-bond donors (Lipinski definition) is 1. The summed E-state index contributed by atoms with van der Waals surface area (Å²) in [4.78, 5) is 29.9. The number of Topliss-reactive ketones (excluding diaryl/α,β-unsaturated/α-hetero) is 1. The van der Waals surface area contributed by atoms with Gasteiger partial charge in [-0.15, -0.1) is 0 Å². The number of amides is 1. The molecule has 0 bridgehead atoms. The molecule has 3 aromatic rings. The number of aliphatic hydroxyl groups excluding tert-OH is 1. The number of carbonyl (C=O) groups is 2. The van der Waals surface area contributed by atoms with E-state index in [4.69, 9.17) is 0 Å². The fourth-order valence-corrected chi connectivity index (χ4v) is 4.06. The van der Waals surface area contributed by atoms with E-state index < -0.39 is 17.7 Å². The molecule has 1 aliphatic rings. The van der Waals surface area contributed by atoms with Crippen molar-refractivity contribution in [1.82, 2.24) is 0 Å². The summed E-state index contributed by atoms with van der Waals surface area (Å²) in [5.74, 6) is -1.24. The molecule has 1 heterocycles. The second-order valence-electron chi connectivity index (χ2n) is 8.07. The number of aliphatic hydroxyl groups is 1. The van der Waals surface area contributed by atoms with E-state index in [1.807, 2.05) is 104 Å². The van der Waals surface area contributed by atoms with Gasteiger partial charge in [-0.05, 0) is 41.8 Å². The number of rotatable bonds is 7. The number of aryl methyl sites for hydroxylation is 1. The van der Waals surface area contributed by atoms with Gasteiger partial charge in [0.25, 0.3) is 5.91 Å². The summed E-state index contributed by atoms with van der Waals surface area (Å²) in [6.45, 7) is 0. The van der Waals surface area contributed by atoms with Crippen molar-refractivity contribution in [2.75, 3.05) is 23.9 Å². The van der Waals surface area contributed by atoms with E-state index in [0.717, 1.165) is 16.8 Å². The number of nitrogens with zero attached hydrogens (tertiary/aromatic N) is 2. The van der Waals surface area contributed by atoms with Crippen LogP contribution in [0.4, 0.5) is 11.4 Å². The highest BCUT2D eigenvalue weighted by Crippen LogP contribution is 2.41. The highest BCUT2D eigenvalue weighted by molar-refractivity contribution is 6.16. The zero-order valence-electron chi connectivity index (χ0n) is 18.2. The molecule has 4 rings (SSSR count). The average molecular weight is 427 g/mol. The molecule has 5 heteroatoms. The summed E-state index contributed by atoms with van der Waals surface area (Å²) in [5, 5.41) is 10.8. The lowest BCUT2D eigenvalue weighted by atomic mass is 9.93. The molecule has 1 N–H and O–H groups in total. The van der Waals surface area contributed by atoms with Gasteiger partial charge in [0.05, 0.1) is 11.6 Å². The normalized spacial score (nSPS) is 15.9. The van der Waals surface area contributed by atoms with Crippen molar-refractivity contribution in [3.05, 3.63) is 107 Å². The van der Waals surface area contributed by atoms with Crippen molar-refractivity contribution < 1.29 is 14.7 Å². The molecule has 32 heavy (non-hydrogen) atoms. The number of ketones is 1. The molecule has 0 aliphatic carbocycles. The summed E-state index contributed by atoms with van der Waals surface area (Å²) in [5.41, 5.74) is 3.61. The number of carbonyl (C=O) groups excluding carboxylic acids is 2. The highest BCUT2D eigenvalue weighted by Gasteiger charge is 2.44. The SMILES string of the molecule is CN(C)c1ccc(N2C(=O)C(O)=C(C(=O)CCc3ccccc3)C2c2ccccc2)cc1. The molecule has 0 radical (unpaired) electrons. The summed E-state index contributed by atoms with van der Waals surface area (Å²) >= 11 is 0.